The first-order valence-corrected chi connectivity index (χ1v) is 10.4. The predicted octanol–water partition coefficient (Wildman–Crippen LogP) is 3.74. The molecule has 23 heavy (non-hydrogen) atoms. The van der Waals surface area contributed by atoms with Gasteiger partial charge in [-0.25, -0.2) is 4.98 Å². The van der Waals surface area contributed by atoms with Gasteiger partial charge in [0, 0.05) is 11.8 Å². The number of thiazole rings is 1. The molecule has 1 aromatic heterocycles. The van der Waals surface area contributed by atoms with Crippen LogP contribution in [0.1, 0.15) is 26.7 Å². The first-order chi connectivity index (χ1) is 11.1. The summed E-state index contributed by atoms with van der Waals surface area (Å²) < 4.78 is 1.90. The van der Waals surface area contributed by atoms with Crippen molar-refractivity contribution in [1.29, 1.82) is 0 Å². The van der Waals surface area contributed by atoms with Crippen LogP contribution in [-0.2, 0) is 4.79 Å². The van der Waals surface area contributed by atoms with Gasteiger partial charge in [0.2, 0.25) is 5.12 Å². The third kappa shape index (κ3) is 5.76. The van der Waals surface area contributed by atoms with Crippen molar-refractivity contribution in [3.8, 4) is 0 Å². The Hall–Kier alpha value is -0.600. The number of hydrogen-bond acceptors (Lipinski definition) is 7. The van der Waals surface area contributed by atoms with Gasteiger partial charge in [0.1, 0.15) is 0 Å². The highest BCUT2D eigenvalue weighted by atomic mass is 32.2. The molecule has 2 rings (SSSR count). The van der Waals surface area contributed by atoms with Crippen molar-refractivity contribution < 1.29 is 9.90 Å². The lowest BCUT2D eigenvalue weighted by atomic mass is 10.2. The summed E-state index contributed by atoms with van der Waals surface area (Å²) >= 11 is 4.24. The molecule has 2 atom stereocenters. The van der Waals surface area contributed by atoms with E-state index in [1.54, 1.807) is 11.3 Å². The standard InChI is InChI=1S/C16H22N2O2S3/c1-3-6-12(9-21-10-19)17-11(2)15(20)23-16-18-13-7-4-5-8-14(13)22-16/h4-5,7-8,11-12,17,19H,3,6,9-10H2,1-2H3/t11-,12-/m0/s1. The maximum atomic E-state index is 12.4. The van der Waals surface area contributed by atoms with E-state index in [1.807, 2.05) is 31.2 Å². The van der Waals surface area contributed by atoms with Gasteiger partial charge in [0.15, 0.2) is 4.34 Å². The Balaban J connectivity index is 1.92. The summed E-state index contributed by atoms with van der Waals surface area (Å²) in [4.78, 5) is 16.9. The molecule has 2 N–H and O–H groups in total. The Morgan fingerprint density at radius 3 is 2.91 bits per heavy atom. The molecular formula is C16H22N2O2S3. The molecule has 1 heterocycles. The second kappa shape index (κ2) is 9.64. The number of hydrogen-bond donors (Lipinski definition) is 2. The zero-order valence-electron chi connectivity index (χ0n) is 13.3. The van der Waals surface area contributed by atoms with Crippen molar-refractivity contribution in [2.24, 2.45) is 0 Å². The van der Waals surface area contributed by atoms with E-state index in [9.17, 15) is 4.79 Å². The first kappa shape index (κ1) is 18.7. The third-order valence-electron chi connectivity index (χ3n) is 3.35. The van der Waals surface area contributed by atoms with Gasteiger partial charge < -0.3 is 10.4 Å². The molecule has 126 valence electrons. The number of fused-ring (bicyclic) bond motifs is 1. The average molecular weight is 371 g/mol. The second-order valence-corrected chi connectivity index (χ2v) is 8.52. The van der Waals surface area contributed by atoms with Crippen LogP contribution >= 0.6 is 34.9 Å². The SMILES string of the molecule is CCC[C@@H](CSCO)N[C@@H](C)C(=O)Sc1nc2ccccc2s1. The molecule has 0 spiro atoms. The number of carbonyl (C=O) groups excluding carboxylic acids is 1. The Kier molecular flexibility index (Phi) is 7.85. The Labute approximate surface area is 149 Å². The number of nitrogens with zero attached hydrogens (tertiary/aromatic N) is 1. The van der Waals surface area contributed by atoms with E-state index in [1.165, 1.54) is 23.5 Å². The summed E-state index contributed by atoms with van der Waals surface area (Å²) in [6.07, 6.45) is 2.05. The summed E-state index contributed by atoms with van der Waals surface area (Å²) in [6, 6.07) is 7.93. The van der Waals surface area contributed by atoms with Crippen LogP contribution in [0.3, 0.4) is 0 Å². The minimum Gasteiger partial charge on any atom is -0.386 e. The molecule has 0 unspecified atom stereocenters. The van der Waals surface area contributed by atoms with E-state index in [0.29, 0.717) is 0 Å². The van der Waals surface area contributed by atoms with Crippen molar-refractivity contribution in [3.63, 3.8) is 0 Å². The average Bonchev–Trinajstić information content (AvgIpc) is 2.94. The van der Waals surface area contributed by atoms with E-state index < -0.39 is 0 Å². The Bertz CT molecular complexity index is 600. The molecule has 0 radical (unpaired) electrons. The number of aliphatic hydroxyl groups excluding tert-OH is 1. The Morgan fingerprint density at radius 2 is 2.22 bits per heavy atom. The number of nitrogens with one attached hydrogen (secondary N) is 1. The van der Waals surface area contributed by atoms with Crippen molar-refractivity contribution in [1.82, 2.24) is 10.3 Å². The zero-order valence-corrected chi connectivity index (χ0v) is 15.8. The van der Waals surface area contributed by atoms with E-state index in [4.69, 9.17) is 5.11 Å². The number of benzene rings is 1. The largest absolute Gasteiger partial charge is 0.386 e. The topological polar surface area (TPSA) is 62.2 Å². The van der Waals surface area contributed by atoms with Crippen LogP contribution < -0.4 is 5.32 Å². The Morgan fingerprint density at radius 1 is 1.43 bits per heavy atom. The molecule has 7 heteroatoms. The first-order valence-electron chi connectivity index (χ1n) is 7.66. The lowest BCUT2D eigenvalue weighted by molar-refractivity contribution is -0.112. The van der Waals surface area contributed by atoms with Gasteiger partial charge in [-0.05, 0) is 37.2 Å². The number of aromatic nitrogens is 1. The molecule has 1 aromatic carbocycles. The molecule has 0 aliphatic rings. The zero-order chi connectivity index (χ0) is 16.7. The van der Waals surface area contributed by atoms with Crippen molar-refractivity contribution in [2.45, 2.75) is 43.1 Å². The molecule has 0 saturated heterocycles. The summed E-state index contributed by atoms with van der Waals surface area (Å²) in [5.41, 5.74) is 0.941. The molecule has 0 aliphatic carbocycles. The summed E-state index contributed by atoms with van der Waals surface area (Å²) in [5, 5.41) is 12.4. The van der Waals surface area contributed by atoms with Crippen molar-refractivity contribution in [2.75, 3.05) is 11.7 Å². The number of aliphatic hydroxyl groups is 1. The van der Waals surface area contributed by atoms with Crippen LogP contribution in [0.25, 0.3) is 10.2 Å². The lowest BCUT2D eigenvalue weighted by Gasteiger charge is -2.21. The fourth-order valence-electron chi connectivity index (χ4n) is 2.25. The molecule has 0 amide bonds. The summed E-state index contributed by atoms with van der Waals surface area (Å²) in [5.74, 6) is 0.929. The predicted molar refractivity (Wildman–Crippen MR) is 101 cm³/mol. The van der Waals surface area contributed by atoms with Gasteiger partial charge in [-0.2, -0.15) is 0 Å². The smallest absolute Gasteiger partial charge is 0.212 e. The van der Waals surface area contributed by atoms with Crippen molar-refractivity contribution in [3.05, 3.63) is 24.3 Å². The number of rotatable bonds is 9. The summed E-state index contributed by atoms with van der Waals surface area (Å²) in [7, 11) is 0. The third-order valence-corrected chi connectivity index (χ3v) is 6.32. The van der Waals surface area contributed by atoms with E-state index in [-0.39, 0.29) is 23.1 Å². The van der Waals surface area contributed by atoms with Crippen LogP contribution in [0.2, 0.25) is 0 Å². The number of carbonyl (C=O) groups is 1. The van der Waals surface area contributed by atoms with Gasteiger partial charge in [-0.15, -0.1) is 23.1 Å². The minimum absolute atomic E-state index is 0.0826. The monoisotopic (exact) mass is 370 g/mol. The van der Waals surface area contributed by atoms with Crippen LogP contribution in [0.4, 0.5) is 0 Å². The van der Waals surface area contributed by atoms with E-state index in [0.717, 1.165) is 33.2 Å². The molecule has 0 saturated carbocycles. The van der Waals surface area contributed by atoms with Crippen LogP contribution in [0, 0.1) is 0 Å². The fraction of sp³-hybridized carbons (Fsp3) is 0.500. The van der Waals surface area contributed by atoms with E-state index in [2.05, 4.69) is 17.2 Å². The van der Waals surface area contributed by atoms with Gasteiger partial charge in [-0.1, -0.05) is 25.5 Å². The molecule has 4 nitrogen and oxygen atoms in total. The maximum Gasteiger partial charge on any atom is 0.212 e. The molecule has 2 aromatic rings. The highest BCUT2D eigenvalue weighted by molar-refractivity contribution is 8.15. The number of para-hydroxylation sites is 1. The lowest BCUT2D eigenvalue weighted by Crippen LogP contribution is -2.41. The maximum absolute atomic E-state index is 12.4. The molecule has 0 bridgehead atoms. The highest BCUT2D eigenvalue weighted by Gasteiger charge is 2.20. The normalized spacial score (nSPS) is 14.0. The van der Waals surface area contributed by atoms with Crippen LogP contribution in [0.5, 0.6) is 0 Å². The van der Waals surface area contributed by atoms with Gasteiger partial charge >= 0.3 is 0 Å². The van der Waals surface area contributed by atoms with Gasteiger partial charge in [-0.3, -0.25) is 4.79 Å². The van der Waals surface area contributed by atoms with Crippen LogP contribution in [0.15, 0.2) is 28.6 Å². The molecular weight excluding hydrogens is 348 g/mol. The number of thioether (sulfide) groups is 2. The summed E-state index contributed by atoms with van der Waals surface area (Å²) in [6.45, 7) is 4.02. The van der Waals surface area contributed by atoms with Gasteiger partial charge in [0.25, 0.3) is 0 Å². The highest BCUT2D eigenvalue weighted by Crippen LogP contribution is 2.30. The second-order valence-electron chi connectivity index (χ2n) is 5.24. The quantitative estimate of drug-likeness (QED) is 0.518. The van der Waals surface area contributed by atoms with Crippen molar-refractivity contribution >= 4 is 50.2 Å². The van der Waals surface area contributed by atoms with E-state index >= 15 is 0 Å². The van der Waals surface area contributed by atoms with Gasteiger partial charge in [0.05, 0.1) is 22.2 Å². The molecule has 0 fully saturated rings. The van der Waals surface area contributed by atoms with Crippen LogP contribution in [-0.4, -0.2) is 39.0 Å². The fourth-order valence-corrected chi connectivity index (χ4v) is 4.84. The molecule has 0 aliphatic heterocycles. The minimum atomic E-state index is -0.233.